The Morgan fingerprint density at radius 1 is 1.43 bits per heavy atom. The van der Waals surface area contributed by atoms with Gasteiger partial charge in [-0.15, -0.1) is 0 Å². The molecule has 0 atom stereocenters. The van der Waals surface area contributed by atoms with Crippen molar-refractivity contribution in [1.29, 1.82) is 0 Å². The lowest BCUT2D eigenvalue weighted by Crippen LogP contribution is -2.33. The maximum atomic E-state index is 11.3. The van der Waals surface area contributed by atoms with Crippen LogP contribution in [0.3, 0.4) is 0 Å². The molecule has 0 saturated heterocycles. The summed E-state index contributed by atoms with van der Waals surface area (Å²) in [5, 5.41) is 13.4. The molecule has 0 unspecified atom stereocenters. The average Bonchev–Trinajstić information content (AvgIpc) is 2.93. The molecule has 1 N–H and O–H groups in total. The van der Waals surface area contributed by atoms with Gasteiger partial charge in [-0.1, -0.05) is 25.3 Å². The van der Waals surface area contributed by atoms with E-state index in [0.717, 1.165) is 12.1 Å². The summed E-state index contributed by atoms with van der Waals surface area (Å²) in [5.74, 6) is -0.919. The van der Waals surface area contributed by atoms with Crippen molar-refractivity contribution in [2.24, 2.45) is 0 Å². The first-order valence-corrected chi connectivity index (χ1v) is 7.55. The predicted molar refractivity (Wildman–Crippen MR) is 80.5 cm³/mol. The fourth-order valence-corrected chi connectivity index (χ4v) is 3.32. The summed E-state index contributed by atoms with van der Waals surface area (Å²) >= 11 is 0. The van der Waals surface area contributed by atoms with Gasteiger partial charge >= 0.3 is 5.97 Å². The number of nitrogens with zero attached hydrogens (tertiary/aromatic N) is 3. The third-order valence-electron chi connectivity index (χ3n) is 4.47. The summed E-state index contributed by atoms with van der Waals surface area (Å²) in [6.07, 6.45) is 9.65. The molecule has 5 nitrogen and oxygen atoms in total. The summed E-state index contributed by atoms with van der Waals surface area (Å²) in [6.45, 7) is 0.765. The van der Waals surface area contributed by atoms with Crippen molar-refractivity contribution in [3.63, 3.8) is 0 Å². The maximum absolute atomic E-state index is 11.3. The van der Waals surface area contributed by atoms with Crippen molar-refractivity contribution < 1.29 is 9.90 Å². The highest BCUT2D eigenvalue weighted by atomic mass is 16.4. The van der Waals surface area contributed by atoms with E-state index in [4.69, 9.17) is 0 Å². The van der Waals surface area contributed by atoms with Crippen LogP contribution in [-0.4, -0.2) is 38.7 Å². The molecule has 3 rings (SSSR count). The van der Waals surface area contributed by atoms with Crippen LogP contribution < -0.4 is 0 Å². The largest absolute Gasteiger partial charge is 0.478 e. The van der Waals surface area contributed by atoms with Crippen LogP contribution in [0.15, 0.2) is 24.5 Å². The first kappa shape index (κ1) is 14.1. The lowest BCUT2D eigenvalue weighted by Gasteiger charge is -2.31. The molecule has 1 aliphatic carbocycles. The van der Waals surface area contributed by atoms with Crippen LogP contribution in [-0.2, 0) is 6.54 Å². The minimum Gasteiger partial charge on any atom is -0.478 e. The lowest BCUT2D eigenvalue weighted by molar-refractivity contribution is 0.0699. The molecule has 1 saturated carbocycles. The summed E-state index contributed by atoms with van der Waals surface area (Å²) in [4.78, 5) is 13.7. The van der Waals surface area contributed by atoms with Gasteiger partial charge in [-0.3, -0.25) is 4.90 Å². The fraction of sp³-hybridized carbons (Fsp3) is 0.500. The second-order valence-corrected chi connectivity index (χ2v) is 5.90. The van der Waals surface area contributed by atoms with Gasteiger partial charge in [0, 0.05) is 18.8 Å². The molecule has 0 bridgehead atoms. The van der Waals surface area contributed by atoms with Crippen LogP contribution in [0.1, 0.15) is 48.0 Å². The lowest BCUT2D eigenvalue weighted by atomic mass is 9.94. The van der Waals surface area contributed by atoms with E-state index >= 15 is 0 Å². The van der Waals surface area contributed by atoms with E-state index in [9.17, 15) is 9.90 Å². The minimum absolute atomic E-state index is 0.280. The Kier molecular flexibility index (Phi) is 3.92. The number of hydrogen-bond donors (Lipinski definition) is 1. The molecule has 0 aromatic carbocycles. The average molecular weight is 287 g/mol. The first-order valence-electron chi connectivity index (χ1n) is 7.55. The van der Waals surface area contributed by atoms with Gasteiger partial charge in [0.2, 0.25) is 0 Å². The molecule has 0 radical (unpaired) electrons. The first-order chi connectivity index (χ1) is 10.2. The molecule has 2 aromatic heterocycles. The van der Waals surface area contributed by atoms with Gasteiger partial charge in [-0.05, 0) is 31.5 Å². The van der Waals surface area contributed by atoms with E-state index in [1.165, 1.54) is 38.3 Å². The van der Waals surface area contributed by atoms with Gasteiger partial charge < -0.3 is 5.11 Å². The number of hydrogen-bond acceptors (Lipinski definition) is 3. The van der Waals surface area contributed by atoms with Crippen LogP contribution >= 0.6 is 0 Å². The number of fused-ring (bicyclic) bond motifs is 1. The highest BCUT2D eigenvalue weighted by Gasteiger charge is 2.20. The van der Waals surface area contributed by atoms with E-state index in [1.54, 1.807) is 10.7 Å². The third-order valence-corrected chi connectivity index (χ3v) is 4.47. The van der Waals surface area contributed by atoms with Crippen LogP contribution in [0.2, 0.25) is 0 Å². The molecule has 0 aliphatic heterocycles. The molecule has 112 valence electrons. The minimum atomic E-state index is -0.919. The van der Waals surface area contributed by atoms with Crippen LogP contribution in [0.5, 0.6) is 0 Å². The number of carbonyl (C=O) groups is 1. The van der Waals surface area contributed by atoms with Crippen molar-refractivity contribution in [3.8, 4) is 0 Å². The number of rotatable bonds is 4. The Labute approximate surface area is 124 Å². The SMILES string of the molecule is CN(Cc1cccn2ncc(C(=O)O)c12)C1CCCCC1. The molecule has 1 aliphatic rings. The van der Waals surface area contributed by atoms with E-state index in [0.29, 0.717) is 11.6 Å². The Hall–Kier alpha value is -1.88. The van der Waals surface area contributed by atoms with Crippen molar-refractivity contribution in [2.75, 3.05) is 7.05 Å². The molecule has 1 fully saturated rings. The van der Waals surface area contributed by atoms with Gasteiger partial charge in [-0.2, -0.15) is 5.10 Å². The van der Waals surface area contributed by atoms with Crippen molar-refractivity contribution >= 4 is 11.5 Å². The zero-order valence-corrected chi connectivity index (χ0v) is 12.3. The van der Waals surface area contributed by atoms with E-state index in [1.807, 2.05) is 12.1 Å². The standard InChI is InChI=1S/C16H21N3O2/c1-18(13-7-3-2-4-8-13)11-12-6-5-9-19-15(12)14(10-17-19)16(20)21/h5-6,9-10,13H,2-4,7-8,11H2,1H3,(H,20,21). The van der Waals surface area contributed by atoms with Crippen molar-refractivity contribution in [3.05, 3.63) is 35.7 Å². The van der Waals surface area contributed by atoms with Gasteiger partial charge in [0.15, 0.2) is 0 Å². The second-order valence-electron chi connectivity index (χ2n) is 5.90. The normalized spacial score (nSPS) is 16.7. The van der Waals surface area contributed by atoms with Gasteiger partial charge in [0.1, 0.15) is 5.56 Å². The monoisotopic (exact) mass is 287 g/mol. The number of aromatic carboxylic acids is 1. The highest BCUT2D eigenvalue weighted by Crippen LogP contribution is 2.24. The summed E-state index contributed by atoms with van der Waals surface area (Å²) < 4.78 is 1.66. The van der Waals surface area contributed by atoms with Gasteiger partial charge in [0.25, 0.3) is 0 Å². The van der Waals surface area contributed by atoms with Crippen molar-refractivity contribution in [2.45, 2.75) is 44.7 Å². The molecule has 5 heteroatoms. The fourth-order valence-electron chi connectivity index (χ4n) is 3.32. The maximum Gasteiger partial charge on any atom is 0.339 e. The quantitative estimate of drug-likeness (QED) is 0.939. The summed E-state index contributed by atoms with van der Waals surface area (Å²) in [7, 11) is 2.14. The van der Waals surface area contributed by atoms with Gasteiger partial charge in [-0.25, -0.2) is 9.31 Å². The van der Waals surface area contributed by atoms with Crippen LogP contribution in [0.25, 0.3) is 5.52 Å². The predicted octanol–water partition coefficient (Wildman–Crippen LogP) is 2.80. The molecule has 2 heterocycles. The Morgan fingerprint density at radius 3 is 2.90 bits per heavy atom. The second kappa shape index (κ2) is 5.85. The summed E-state index contributed by atoms with van der Waals surface area (Å²) in [6, 6.07) is 4.54. The zero-order valence-electron chi connectivity index (χ0n) is 12.3. The third kappa shape index (κ3) is 2.78. The number of carboxylic acids is 1. The number of pyridine rings is 1. The molecule has 0 amide bonds. The van der Waals surface area contributed by atoms with E-state index in [2.05, 4.69) is 17.0 Å². The van der Waals surface area contributed by atoms with Crippen molar-refractivity contribution in [1.82, 2.24) is 14.5 Å². The number of carboxylic acid groups (broad SMARTS) is 1. The van der Waals surface area contributed by atoms with Gasteiger partial charge in [0.05, 0.1) is 11.7 Å². The number of aromatic nitrogens is 2. The van der Waals surface area contributed by atoms with E-state index < -0.39 is 5.97 Å². The molecular formula is C16H21N3O2. The molecule has 0 spiro atoms. The highest BCUT2D eigenvalue weighted by molar-refractivity contribution is 5.96. The molecule has 21 heavy (non-hydrogen) atoms. The van der Waals surface area contributed by atoms with Crippen LogP contribution in [0, 0.1) is 0 Å². The Balaban J connectivity index is 1.89. The zero-order chi connectivity index (χ0) is 14.8. The topological polar surface area (TPSA) is 57.8 Å². The Bertz CT molecular complexity index is 644. The van der Waals surface area contributed by atoms with E-state index in [-0.39, 0.29) is 5.56 Å². The Morgan fingerprint density at radius 2 is 2.19 bits per heavy atom. The van der Waals surface area contributed by atoms with Crippen LogP contribution in [0.4, 0.5) is 0 Å². The smallest absolute Gasteiger partial charge is 0.339 e. The summed E-state index contributed by atoms with van der Waals surface area (Å²) in [5.41, 5.74) is 2.02. The molecular weight excluding hydrogens is 266 g/mol. The molecule has 2 aromatic rings.